The fraction of sp³-hybridized carbons (Fsp3) is 0. The number of pyridine rings is 2. The molecule has 0 aliphatic rings. The van der Waals surface area contributed by atoms with E-state index in [0.29, 0.717) is 0 Å². The second kappa shape index (κ2) is 43.2. The third kappa shape index (κ3) is 36.0. The number of hydrogen-bond acceptors (Lipinski definition) is 5. The summed E-state index contributed by atoms with van der Waals surface area (Å²) in [7, 11) is 0. The summed E-state index contributed by atoms with van der Waals surface area (Å²) in [4.78, 5) is 30.3. The Labute approximate surface area is 136 Å². The van der Waals surface area contributed by atoms with Crippen LogP contribution in [0.2, 0.25) is 0 Å². The van der Waals surface area contributed by atoms with Crippen LogP contribution < -0.4 is 0 Å². The molecule has 0 spiro atoms. The Morgan fingerprint density at radius 2 is 0.850 bits per heavy atom. The summed E-state index contributed by atoms with van der Waals surface area (Å²) in [6.07, 6.45) is 7.00. The second-order valence-electron chi connectivity index (χ2n) is 2.05. The molecule has 0 saturated heterocycles. The first-order valence-corrected chi connectivity index (χ1v) is 10.4. The zero-order chi connectivity index (χ0) is 16.5. The van der Waals surface area contributed by atoms with Gasteiger partial charge in [0.05, 0.1) is 0 Å². The average Bonchev–Trinajstić information content (AvgIpc) is 2.65. The van der Waals surface area contributed by atoms with Crippen LogP contribution in [0.3, 0.4) is 0 Å². The zero-order valence-corrected chi connectivity index (χ0v) is 14.5. The normalized spacial score (nSPS) is 5.70. The SMILES string of the molecule is [Br][Re].[C-]=O.[C-]=O.[CH-]=O.c1ccncc1.c1ccncc1. The topological polar surface area (TPSA) is 77.0 Å². The molecule has 0 fully saturated rings. The van der Waals surface area contributed by atoms with Gasteiger partial charge >= 0.3 is 30.6 Å². The van der Waals surface area contributed by atoms with Gasteiger partial charge in [0, 0.05) is 24.8 Å². The van der Waals surface area contributed by atoms with Crippen LogP contribution in [0, 0.1) is 0 Å². The van der Waals surface area contributed by atoms with Gasteiger partial charge in [-0.2, -0.15) is 0 Å². The van der Waals surface area contributed by atoms with Gasteiger partial charge < -0.3 is 28.0 Å². The average molecular weight is 509 g/mol. The summed E-state index contributed by atoms with van der Waals surface area (Å²) in [6, 6.07) is 11.4. The first kappa shape index (κ1) is 26.9. The number of nitrogens with zero attached hydrogens (tertiary/aromatic N) is 2. The third-order valence-corrected chi connectivity index (χ3v) is 1.13. The van der Waals surface area contributed by atoms with Gasteiger partial charge in [0.2, 0.25) is 0 Å². The molecule has 2 heterocycles. The van der Waals surface area contributed by atoms with Crippen LogP contribution in [0.15, 0.2) is 61.2 Å². The van der Waals surface area contributed by atoms with Crippen molar-refractivity contribution in [3.05, 3.63) is 61.2 Å². The molecule has 2 rings (SSSR count). The maximum absolute atomic E-state index is 7.75. The summed E-state index contributed by atoms with van der Waals surface area (Å²) >= 11 is 4.53. The number of aromatic nitrogens is 2. The first-order valence-electron chi connectivity index (χ1n) is 4.49. The maximum atomic E-state index is 7.75. The summed E-state index contributed by atoms with van der Waals surface area (Å²) in [5.74, 6) is 0. The van der Waals surface area contributed by atoms with Crippen molar-refractivity contribution in [1.29, 1.82) is 0 Å². The molecule has 108 valence electrons. The molecule has 0 N–H and O–H groups in total. The summed E-state index contributed by atoms with van der Waals surface area (Å²) in [6.45, 7) is 12.2. The fourth-order valence-corrected chi connectivity index (χ4v) is 0.625. The molecule has 7 heteroatoms. The van der Waals surface area contributed by atoms with E-state index in [1.807, 2.05) is 36.4 Å². The van der Waals surface area contributed by atoms with Crippen molar-refractivity contribution in [2.75, 3.05) is 0 Å². The van der Waals surface area contributed by atoms with Crippen molar-refractivity contribution in [3.8, 4) is 0 Å². The molecule has 2 aromatic rings. The molecule has 0 unspecified atom stereocenters. The minimum absolute atomic E-state index is 1.53. The Morgan fingerprint density at radius 1 is 0.650 bits per heavy atom. The van der Waals surface area contributed by atoms with Crippen LogP contribution in [0.4, 0.5) is 0 Å². The molecule has 0 aromatic carbocycles. The van der Waals surface area contributed by atoms with Crippen LogP contribution in [0.1, 0.15) is 0 Å². The predicted molar refractivity (Wildman–Crippen MR) is 75.5 cm³/mol. The minimum atomic E-state index is 1.53. The van der Waals surface area contributed by atoms with Gasteiger partial charge in [-0.05, 0) is 24.3 Å². The molecule has 0 amide bonds. The fourth-order valence-electron chi connectivity index (χ4n) is 0.625. The first-order chi connectivity index (χ1) is 10.0. The van der Waals surface area contributed by atoms with E-state index in [-0.39, 0.29) is 0 Å². The van der Waals surface area contributed by atoms with Crippen molar-refractivity contribution in [2.45, 2.75) is 0 Å². The molecular formula is C13H11BrN2O3Re-3. The molecule has 0 atom stereocenters. The standard InChI is InChI=1S/2C5H5N.CHO.2CO.BrH.Re/c2*1-2-4-6-5-3-1;3*1-2;;/h2*1-5H;1H;;;1H;/q;;3*-1;;+1/p-1. The Balaban J connectivity index is -0.0000000863. The van der Waals surface area contributed by atoms with Crippen LogP contribution in [0.25, 0.3) is 0 Å². The Kier molecular flexibility index (Phi) is 58.2. The van der Waals surface area contributed by atoms with E-state index < -0.39 is 0 Å². The number of hydrogen-bond donors (Lipinski definition) is 0. The van der Waals surface area contributed by atoms with Crippen molar-refractivity contribution in [2.24, 2.45) is 0 Å². The molecule has 0 saturated carbocycles. The predicted octanol–water partition coefficient (Wildman–Crippen LogP) is 1.94. The molecule has 20 heavy (non-hydrogen) atoms. The van der Waals surface area contributed by atoms with Crippen molar-refractivity contribution >= 4 is 33.8 Å². The quantitative estimate of drug-likeness (QED) is 0.401. The molecular weight excluding hydrogens is 498 g/mol. The van der Waals surface area contributed by atoms with E-state index in [1.165, 1.54) is 17.2 Å². The van der Waals surface area contributed by atoms with E-state index >= 15 is 0 Å². The molecule has 5 nitrogen and oxygen atoms in total. The zero-order valence-electron chi connectivity index (χ0n) is 10.2. The Hall–Kier alpha value is -1.55. The van der Waals surface area contributed by atoms with Gasteiger partial charge in [-0.25, -0.2) is 0 Å². The molecule has 2 radical (unpaired) electrons. The molecule has 2 aromatic heterocycles. The Bertz CT molecular complexity index is 241. The van der Waals surface area contributed by atoms with Crippen molar-refractivity contribution in [1.82, 2.24) is 9.97 Å². The number of carbonyl (C=O) groups excluding carboxylic acids is 3. The summed E-state index contributed by atoms with van der Waals surface area (Å²) in [5.41, 5.74) is 0. The van der Waals surface area contributed by atoms with E-state index in [0.717, 1.165) is 0 Å². The van der Waals surface area contributed by atoms with Crippen LogP contribution in [-0.4, -0.2) is 30.3 Å². The van der Waals surface area contributed by atoms with E-state index in [1.54, 1.807) is 24.8 Å². The molecule has 0 bridgehead atoms. The molecule has 0 aliphatic carbocycles. The van der Waals surface area contributed by atoms with E-state index in [2.05, 4.69) is 43.8 Å². The van der Waals surface area contributed by atoms with E-state index in [9.17, 15) is 0 Å². The van der Waals surface area contributed by atoms with Crippen LogP contribution in [-0.2, 0) is 31.6 Å². The van der Waals surface area contributed by atoms with Gasteiger partial charge in [0.25, 0.3) is 0 Å². The monoisotopic (exact) mass is 509 g/mol. The van der Waals surface area contributed by atoms with E-state index in [4.69, 9.17) is 14.4 Å². The van der Waals surface area contributed by atoms with Gasteiger partial charge in [-0.15, -0.1) is 0 Å². The van der Waals surface area contributed by atoms with Gasteiger partial charge in [-0.1, -0.05) is 12.1 Å². The number of rotatable bonds is 0. The van der Waals surface area contributed by atoms with Gasteiger partial charge in [0.1, 0.15) is 0 Å². The summed E-state index contributed by atoms with van der Waals surface area (Å²) in [5, 5.41) is 0. The van der Waals surface area contributed by atoms with Crippen LogP contribution in [0.5, 0.6) is 0 Å². The molecule has 0 aliphatic heterocycles. The second-order valence-corrected chi connectivity index (χ2v) is 2.05. The summed E-state index contributed by atoms with van der Waals surface area (Å²) < 4.78 is 0. The number of halogens is 1. The third-order valence-electron chi connectivity index (χ3n) is 1.13. The van der Waals surface area contributed by atoms with Crippen LogP contribution >= 0.6 is 13.4 Å². The minimum Gasteiger partial charge on any atom is -0.573 e. The largest absolute Gasteiger partial charge is 0.573 e. The maximum Gasteiger partial charge on any atom is 0.0267 e. The van der Waals surface area contributed by atoms with Gasteiger partial charge in [0.15, 0.2) is 0 Å². The van der Waals surface area contributed by atoms with Gasteiger partial charge in [-0.3, -0.25) is 16.8 Å². The smallest absolute Gasteiger partial charge is 0.0267 e. The van der Waals surface area contributed by atoms with Crippen molar-refractivity contribution < 1.29 is 31.6 Å². The Morgan fingerprint density at radius 3 is 0.900 bits per heavy atom. The van der Waals surface area contributed by atoms with Crippen molar-refractivity contribution in [3.63, 3.8) is 0 Å².